The Hall–Kier alpha value is -2.10. The lowest BCUT2D eigenvalue weighted by Gasteiger charge is -2.12. The van der Waals surface area contributed by atoms with E-state index in [9.17, 15) is 9.59 Å². The van der Waals surface area contributed by atoms with Crippen molar-refractivity contribution >= 4 is 17.5 Å². The Kier molecular flexibility index (Phi) is 4.64. The first-order valence-corrected chi connectivity index (χ1v) is 7.92. The van der Waals surface area contributed by atoms with Gasteiger partial charge in [-0.2, -0.15) is 0 Å². The van der Waals surface area contributed by atoms with Gasteiger partial charge >= 0.3 is 0 Å². The average Bonchev–Trinajstić information content (AvgIpc) is 2.98. The van der Waals surface area contributed by atoms with Crippen LogP contribution in [0.5, 0.6) is 0 Å². The summed E-state index contributed by atoms with van der Waals surface area (Å²) in [6.07, 6.45) is 2.18. The largest absolute Gasteiger partial charge is 0.345 e. The van der Waals surface area contributed by atoms with E-state index in [1.807, 2.05) is 6.07 Å². The first-order valence-electron chi connectivity index (χ1n) is 7.92. The number of anilines is 1. The third-order valence-electron chi connectivity index (χ3n) is 4.49. The fourth-order valence-corrected chi connectivity index (χ4v) is 3.06. The number of nitrogens with zero attached hydrogens (tertiary/aromatic N) is 1. The fourth-order valence-electron chi connectivity index (χ4n) is 3.06. The van der Waals surface area contributed by atoms with Gasteiger partial charge in [0.1, 0.15) is 0 Å². The number of carbonyl (C=O) groups excluding carboxylic acids is 2. The average molecular weight is 314 g/mol. The normalized spacial score (nSPS) is 21.3. The third-order valence-corrected chi connectivity index (χ3v) is 4.49. The van der Waals surface area contributed by atoms with Gasteiger partial charge in [0.25, 0.3) is 5.91 Å². The number of hydrogen-bond acceptors (Lipinski definition) is 2. The monoisotopic (exact) mass is 314 g/mol. The summed E-state index contributed by atoms with van der Waals surface area (Å²) in [5.41, 5.74) is 2.46. The van der Waals surface area contributed by atoms with Crippen molar-refractivity contribution in [3.8, 4) is 0 Å². The molecule has 1 aliphatic carbocycles. The highest BCUT2D eigenvalue weighted by Gasteiger charge is 2.60. The van der Waals surface area contributed by atoms with Crippen LogP contribution >= 0.6 is 0 Å². The van der Waals surface area contributed by atoms with Gasteiger partial charge in [0.15, 0.2) is 0 Å². The Morgan fingerprint density at radius 2 is 1.87 bits per heavy atom. The van der Waals surface area contributed by atoms with E-state index in [2.05, 4.69) is 39.1 Å². The van der Waals surface area contributed by atoms with Crippen LogP contribution in [0.3, 0.4) is 0 Å². The lowest BCUT2D eigenvalue weighted by atomic mass is 10.1. The molecule has 2 atom stereocenters. The summed E-state index contributed by atoms with van der Waals surface area (Å²) >= 11 is 0. The van der Waals surface area contributed by atoms with Gasteiger partial charge in [0.2, 0.25) is 5.91 Å². The highest BCUT2D eigenvalue weighted by atomic mass is 16.2. The van der Waals surface area contributed by atoms with Gasteiger partial charge in [-0.1, -0.05) is 31.6 Å². The van der Waals surface area contributed by atoms with Crippen LogP contribution in [0.15, 0.2) is 35.9 Å². The van der Waals surface area contributed by atoms with E-state index in [0.29, 0.717) is 11.3 Å². The molecule has 0 heterocycles. The molecule has 0 saturated heterocycles. The molecule has 0 aliphatic heterocycles. The van der Waals surface area contributed by atoms with Crippen molar-refractivity contribution in [2.75, 3.05) is 19.4 Å². The van der Waals surface area contributed by atoms with Gasteiger partial charge < -0.3 is 10.2 Å². The Labute approximate surface area is 138 Å². The number of hydrogen-bond donors (Lipinski definition) is 1. The molecule has 1 aliphatic rings. The SMILES string of the molecule is CC(C)=CC1C(C(=O)Nc2cccc(C(=O)N(C)C)c2)C1(C)C. The molecular formula is C19H26N2O2. The second kappa shape index (κ2) is 6.19. The second-order valence-corrected chi connectivity index (χ2v) is 7.34. The molecule has 1 aromatic rings. The minimum atomic E-state index is -0.0738. The molecule has 1 fully saturated rings. The van der Waals surface area contributed by atoms with Crippen LogP contribution in [0.2, 0.25) is 0 Å². The van der Waals surface area contributed by atoms with Crippen molar-refractivity contribution in [1.82, 2.24) is 4.90 Å². The van der Waals surface area contributed by atoms with Crippen LogP contribution in [0.4, 0.5) is 5.69 Å². The smallest absolute Gasteiger partial charge is 0.253 e. The van der Waals surface area contributed by atoms with E-state index in [-0.39, 0.29) is 29.1 Å². The number of carbonyl (C=O) groups is 2. The van der Waals surface area contributed by atoms with Crippen molar-refractivity contribution in [3.63, 3.8) is 0 Å². The third kappa shape index (κ3) is 3.63. The first-order chi connectivity index (χ1) is 10.6. The molecule has 0 radical (unpaired) electrons. The fraction of sp³-hybridized carbons (Fsp3) is 0.474. The molecule has 4 nitrogen and oxygen atoms in total. The van der Waals surface area contributed by atoms with Crippen LogP contribution in [-0.2, 0) is 4.79 Å². The van der Waals surface area contributed by atoms with Crippen LogP contribution in [0.25, 0.3) is 0 Å². The van der Waals surface area contributed by atoms with Crippen LogP contribution < -0.4 is 5.32 Å². The van der Waals surface area contributed by atoms with E-state index >= 15 is 0 Å². The molecule has 0 spiro atoms. The summed E-state index contributed by atoms with van der Waals surface area (Å²) in [5.74, 6) is 0.201. The number of allylic oxidation sites excluding steroid dienone is 2. The van der Waals surface area contributed by atoms with Crippen molar-refractivity contribution in [1.29, 1.82) is 0 Å². The summed E-state index contributed by atoms with van der Waals surface area (Å²) < 4.78 is 0. The van der Waals surface area contributed by atoms with Crippen molar-refractivity contribution in [2.24, 2.45) is 17.3 Å². The maximum Gasteiger partial charge on any atom is 0.253 e. The summed E-state index contributed by atoms with van der Waals surface area (Å²) in [4.78, 5) is 26.1. The van der Waals surface area contributed by atoms with Crippen LogP contribution in [-0.4, -0.2) is 30.8 Å². The topological polar surface area (TPSA) is 49.4 Å². The van der Waals surface area contributed by atoms with Crippen molar-refractivity contribution in [3.05, 3.63) is 41.5 Å². The molecule has 0 bridgehead atoms. The molecule has 2 rings (SSSR count). The van der Waals surface area contributed by atoms with Crippen LogP contribution in [0.1, 0.15) is 38.1 Å². The molecule has 124 valence electrons. The van der Waals surface area contributed by atoms with E-state index in [4.69, 9.17) is 0 Å². The Morgan fingerprint density at radius 1 is 1.22 bits per heavy atom. The highest BCUT2D eigenvalue weighted by molar-refractivity contribution is 5.98. The van der Waals surface area contributed by atoms with Gasteiger partial charge in [0, 0.05) is 25.3 Å². The van der Waals surface area contributed by atoms with Crippen molar-refractivity contribution < 1.29 is 9.59 Å². The predicted octanol–water partition coefficient (Wildman–Crippen LogP) is 3.57. The number of rotatable bonds is 4. The van der Waals surface area contributed by atoms with Gasteiger partial charge in [-0.3, -0.25) is 9.59 Å². The van der Waals surface area contributed by atoms with E-state index < -0.39 is 0 Å². The summed E-state index contributed by atoms with van der Waals surface area (Å²) in [7, 11) is 3.43. The molecule has 1 N–H and O–H groups in total. The van der Waals surface area contributed by atoms with E-state index in [0.717, 1.165) is 0 Å². The van der Waals surface area contributed by atoms with Gasteiger partial charge in [-0.15, -0.1) is 0 Å². The number of benzene rings is 1. The van der Waals surface area contributed by atoms with Crippen LogP contribution in [0, 0.1) is 17.3 Å². The molecule has 1 saturated carbocycles. The molecule has 1 aromatic carbocycles. The minimum Gasteiger partial charge on any atom is -0.345 e. The Bertz CT molecular complexity index is 655. The van der Waals surface area contributed by atoms with Crippen molar-refractivity contribution in [2.45, 2.75) is 27.7 Å². The molecule has 4 heteroatoms. The quantitative estimate of drug-likeness (QED) is 0.864. The zero-order chi connectivity index (χ0) is 17.4. The number of nitrogens with one attached hydrogen (secondary N) is 1. The standard InChI is InChI=1S/C19H26N2O2/c1-12(2)10-15-16(19(15,3)4)17(22)20-14-9-7-8-13(11-14)18(23)21(5)6/h7-11,15-16H,1-6H3,(H,20,22). The predicted molar refractivity (Wildman–Crippen MR) is 93.3 cm³/mol. The minimum absolute atomic E-state index is 0.0155. The Morgan fingerprint density at radius 3 is 2.43 bits per heavy atom. The zero-order valence-corrected chi connectivity index (χ0v) is 14.8. The molecular weight excluding hydrogens is 288 g/mol. The van der Waals surface area contributed by atoms with Gasteiger partial charge in [0.05, 0.1) is 5.92 Å². The molecule has 2 unspecified atom stereocenters. The zero-order valence-electron chi connectivity index (χ0n) is 14.8. The van der Waals surface area contributed by atoms with Gasteiger partial charge in [-0.05, 0) is 43.4 Å². The number of amides is 2. The maximum atomic E-state index is 12.6. The molecule has 23 heavy (non-hydrogen) atoms. The lowest BCUT2D eigenvalue weighted by Crippen LogP contribution is -2.22. The van der Waals surface area contributed by atoms with Gasteiger partial charge in [-0.25, -0.2) is 0 Å². The summed E-state index contributed by atoms with van der Waals surface area (Å²) in [6, 6.07) is 7.09. The van der Waals surface area contributed by atoms with E-state index in [1.54, 1.807) is 32.3 Å². The lowest BCUT2D eigenvalue weighted by molar-refractivity contribution is -0.118. The second-order valence-electron chi connectivity index (χ2n) is 7.34. The Balaban J connectivity index is 2.11. The maximum absolute atomic E-state index is 12.6. The highest BCUT2D eigenvalue weighted by Crippen LogP contribution is 2.59. The summed E-state index contributed by atoms with van der Waals surface area (Å²) in [5, 5.41) is 2.96. The van der Waals surface area contributed by atoms with E-state index in [1.165, 1.54) is 10.5 Å². The molecule has 2 amide bonds. The first kappa shape index (κ1) is 17.3. The summed E-state index contributed by atoms with van der Waals surface area (Å²) in [6.45, 7) is 8.35. The molecule has 0 aromatic heterocycles.